The van der Waals surface area contributed by atoms with E-state index in [2.05, 4.69) is 16.0 Å². The van der Waals surface area contributed by atoms with Crippen molar-refractivity contribution >= 4 is 40.4 Å². The molecule has 5 nitrogen and oxygen atoms in total. The zero-order valence-corrected chi connectivity index (χ0v) is 19.7. The van der Waals surface area contributed by atoms with Gasteiger partial charge in [-0.1, -0.05) is 37.3 Å². The van der Waals surface area contributed by atoms with Crippen LogP contribution < -0.4 is 16.0 Å². The average Bonchev–Trinajstić information content (AvgIpc) is 3.22. The molecule has 172 valence electrons. The second-order valence-electron chi connectivity index (χ2n) is 8.89. The van der Waals surface area contributed by atoms with E-state index in [4.69, 9.17) is 11.6 Å². The molecule has 2 atom stereocenters. The SMILES string of the molecule is CC(Nc1ccc(F)c(Cl)c1)c1ccc(C(=O)N[C@@H](CC2CCCC2)C(=O)NC2CC2)s1. The van der Waals surface area contributed by atoms with Gasteiger partial charge in [-0.15, -0.1) is 11.3 Å². The van der Waals surface area contributed by atoms with Crippen molar-refractivity contribution in [2.45, 2.75) is 70.0 Å². The lowest BCUT2D eigenvalue weighted by atomic mass is 9.97. The molecule has 2 aliphatic rings. The van der Waals surface area contributed by atoms with Gasteiger partial charge in [0.1, 0.15) is 11.9 Å². The van der Waals surface area contributed by atoms with Crippen molar-refractivity contribution in [3.63, 3.8) is 0 Å². The van der Waals surface area contributed by atoms with Crippen molar-refractivity contribution in [3.05, 3.63) is 50.9 Å². The van der Waals surface area contributed by atoms with E-state index in [9.17, 15) is 14.0 Å². The molecule has 3 N–H and O–H groups in total. The fourth-order valence-corrected chi connectivity index (χ4v) is 5.28. The summed E-state index contributed by atoms with van der Waals surface area (Å²) >= 11 is 7.25. The molecule has 2 amide bonds. The highest BCUT2D eigenvalue weighted by Gasteiger charge is 2.31. The molecule has 4 rings (SSSR count). The molecule has 0 radical (unpaired) electrons. The summed E-state index contributed by atoms with van der Waals surface area (Å²) in [6.45, 7) is 1.97. The number of halogens is 2. The monoisotopic (exact) mass is 477 g/mol. The van der Waals surface area contributed by atoms with Crippen LogP contribution in [0.3, 0.4) is 0 Å². The van der Waals surface area contributed by atoms with Crippen LogP contribution in [0.15, 0.2) is 30.3 Å². The number of nitrogens with one attached hydrogen (secondary N) is 3. The van der Waals surface area contributed by atoms with Crippen LogP contribution in [0.5, 0.6) is 0 Å². The Morgan fingerprint density at radius 2 is 1.91 bits per heavy atom. The molecule has 0 bridgehead atoms. The fourth-order valence-electron chi connectivity index (χ4n) is 4.18. The summed E-state index contributed by atoms with van der Waals surface area (Å²) in [6.07, 6.45) is 7.40. The maximum Gasteiger partial charge on any atom is 0.262 e. The van der Waals surface area contributed by atoms with E-state index in [1.807, 2.05) is 13.0 Å². The molecule has 2 aromatic rings. The summed E-state index contributed by atoms with van der Waals surface area (Å²) in [6, 6.07) is 7.87. The standard InChI is InChI=1S/C24H29ClFN3O2S/c1-14(27-17-8-9-19(26)18(25)13-17)21-10-11-22(32-21)24(31)29-20(12-15-4-2-3-5-15)23(30)28-16-6-7-16/h8-11,13-16,20,27H,2-7,12H2,1H3,(H,28,30)(H,29,31)/t14?,20-/m0/s1. The Morgan fingerprint density at radius 3 is 2.59 bits per heavy atom. The Labute approximate surface area is 197 Å². The molecule has 1 unspecified atom stereocenters. The van der Waals surface area contributed by atoms with Gasteiger partial charge in [0.25, 0.3) is 5.91 Å². The highest BCUT2D eigenvalue weighted by molar-refractivity contribution is 7.14. The van der Waals surface area contributed by atoms with Crippen molar-refractivity contribution in [2.75, 3.05) is 5.32 Å². The van der Waals surface area contributed by atoms with Gasteiger partial charge in [-0.25, -0.2) is 4.39 Å². The molecule has 1 aromatic carbocycles. The molecule has 0 aliphatic heterocycles. The lowest BCUT2D eigenvalue weighted by Gasteiger charge is -2.21. The first-order chi connectivity index (χ1) is 15.4. The molecule has 1 aromatic heterocycles. The van der Waals surface area contributed by atoms with E-state index in [1.54, 1.807) is 18.2 Å². The molecule has 2 fully saturated rings. The Balaban J connectivity index is 1.39. The van der Waals surface area contributed by atoms with Gasteiger partial charge in [0.15, 0.2) is 0 Å². The van der Waals surface area contributed by atoms with Crippen molar-refractivity contribution in [3.8, 4) is 0 Å². The molecule has 8 heteroatoms. The predicted molar refractivity (Wildman–Crippen MR) is 127 cm³/mol. The first-order valence-electron chi connectivity index (χ1n) is 11.3. The number of rotatable bonds is 9. The molecular weight excluding hydrogens is 449 g/mol. The summed E-state index contributed by atoms with van der Waals surface area (Å²) in [5.74, 6) is -0.242. The maximum atomic E-state index is 13.4. The van der Waals surface area contributed by atoms with Crippen LogP contribution in [0.2, 0.25) is 5.02 Å². The topological polar surface area (TPSA) is 70.2 Å². The third kappa shape index (κ3) is 6.01. The largest absolute Gasteiger partial charge is 0.378 e. The summed E-state index contributed by atoms with van der Waals surface area (Å²) in [7, 11) is 0. The zero-order chi connectivity index (χ0) is 22.7. The number of benzene rings is 1. The van der Waals surface area contributed by atoms with E-state index in [0.29, 0.717) is 22.9 Å². The van der Waals surface area contributed by atoms with Crippen molar-refractivity contribution in [1.29, 1.82) is 0 Å². The Kier molecular flexibility index (Phi) is 7.36. The van der Waals surface area contributed by atoms with Gasteiger partial charge in [0, 0.05) is 16.6 Å². The Morgan fingerprint density at radius 1 is 1.16 bits per heavy atom. The van der Waals surface area contributed by atoms with Gasteiger partial charge in [-0.3, -0.25) is 9.59 Å². The van der Waals surface area contributed by atoms with Crippen molar-refractivity contribution in [1.82, 2.24) is 10.6 Å². The normalized spacial score (nSPS) is 18.2. The third-order valence-corrected chi connectivity index (χ3v) is 7.73. The van der Waals surface area contributed by atoms with E-state index >= 15 is 0 Å². The zero-order valence-electron chi connectivity index (χ0n) is 18.1. The lowest BCUT2D eigenvalue weighted by Crippen LogP contribution is -2.48. The quantitative estimate of drug-likeness (QED) is 0.435. The van der Waals surface area contributed by atoms with Gasteiger partial charge < -0.3 is 16.0 Å². The van der Waals surface area contributed by atoms with Gasteiger partial charge in [-0.05, 0) is 62.4 Å². The van der Waals surface area contributed by atoms with Gasteiger partial charge in [0.05, 0.1) is 15.9 Å². The minimum Gasteiger partial charge on any atom is -0.378 e. The Bertz CT molecular complexity index is 972. The van der Waals surface area contributed by atoms with Gasteiger partial charge in [-0.2, -0.15) is 0 Å². The van der Waals surface area contributed by atoms with Crippen LogP contribution in [0.4, 0.5) is 10.1 Å². The number of hydrogen-bond acceptors (Lipinski definition) is 4. The first kappa shape index (κ1) is 23.1. The molecule has 2 saturated carbocycles. The molecule has 0 spiro atoms. The maximum absolute atomic E-state index is 13.4. The lowest BCUT2D eigenvalue weighted by molar-refractivity contribution is -0.123. The van der Waals surface area contributed by atoms with Gasteiger partial charge in [0.2, 0.25) is 5.91 Å². The van der Waals surface area contributed by atoms with Crippen LogP contribution in [0.25, 0.3) is 0 Å². The van der Waals surface area contributed by atoms with Crippen LogP contribution in [-0.2, 0) is 4.79 Å². The van der Waals surface area contributed by atoms with Crippen molar-refractivity contribution < 1.29 is 14.0 Å². The van der Waals surface area contributed by atoms with Crippen LogP contribution in [0.1, 0.15) is 72.5 Å². The van der Waals surface area contributed by atoms with E-state index in [1.165, 1.54) is 30.2 Å². The predicted octanol–water partition coefficient (Wildman–Crippen LogP) is 5.67. The number of carbonyl (C=O) groups is 2. The third-order valence-electron chi connectivity index (χ3n) is 6.17. The molecule has 0 saturated heterocycles. The number of amides is 2. The van der Waals surface area contributed by atoms with E-state index in [0.717, 1.165) is 30.6 Å². The molecular formula is C24H29ClFN3O2S. The average molecular weight is 478 g/mol. The molecule has 2 aliphatic carbocycles. The summed E-state index contributed by atoms with van der Waals surface area (Å²) in [5, 5.41) is 9.37. The Hall–Kier alpha value is -2.12. The summed E-state index contributed by atoms with van der Waals surface area (Å²) < 4.78 is 13.4. The number of hydrogen-bond donors (Lipinski definition) is 3. The second-order valence-corrected chi connectivity index (χ2v) is 10.4. The van der Waals surface area contributed by atoms with E-state index in [-0.39, 0.29) is 28.9 Å². The summed E-state index contributed by atoms with van der Waals surface area (Å²) in [5.41, 5.74) is 0.705. The van der Waals surface area contributed by atoms with Crippen LogP contribution >= 0.6 is 22.9 Å². The summed E-state index contributed by atoms with van der Waals surface area (Å²) in [4.78, 5) is 27.2. The first-order valence-corrected chi connectivity index (χ1v) is 12.5. The number of carbonyl (C=O) groups excluding carboxylic acids is 2. The molecule has 1 heterocycles. The highest BCUT2D eigenvalue weighted by atomic mass is 35.5. The van der Waals surface area contributed by atoms with Gasteiger partial charge >= 0.3 is 0 Å². The molecule has 32 heavy (non-hydrogen) atoms. The van der Waals surface area contributed by atoms with Crippen molar-refractivity contribution in [2.24, 2.45) is 5.92 Å². The minimum atomic E-state index is -0.492. The number of thiophene rings is 1. The smallest absolute Gasteiger partial charge is 0.262 e. The highest BCUT2D eigenvalue weighted by Crippen LogP contribution is 2.30. The van der Waals surface area contributed by atoms with Crippen LogP contribution in [-0.4, -0.2) is 23.9 Å². The fraction of sp³-hybridized carbons (Fsp3) is 0.500. The van der Waals surface area contributed by atoms with E-state index < -0.39 is 11.9 Å². The minimum absolute atomic E-state index is 0.0613. The van der Waals surface area contributed by atoms with Crippen LogP contribution in [0, 0.1) is 11.7 Å². The second kappa shape index (κ2) is 10.2. The number of anilines is 1.